The number of carbonyl (C=O) groups is 1. The van der Waals surface area contributed by atoms with E-state index in [1.54, 1.807) is 0 Å². The third-order valence-corrected chi connectivity index (χ3v) is 12.3. The molecule has 0 rings (SSSR count). The molecule has 0 aliphatic carbocycles. The van der Waals surface area contributed by atoms with E-state index in [9.17, 15) is 4.79 Å². The molecule has 0 aliphatic rings. The second-order valence-corrected chi connectivity index (χ2v) is 18.9. The number of unbranched alkanes of at least 4 members (excludes halogenated alkanes) is 27. The lowest BCUT2D eigenvalue weighted by atomic mass is 9.77. The average molecular weight is 863 g/mol. The molecule has 1 atom stereocenters. The Hall–Kier alpha value is -2.13. The van der Waals surface area contributed by atoms with Gasteiger partial charge in [0.25, 0.3) is 0 Å². The molecule has 0 heterocycles. The molecule has 3 heteroatoms. The van der Waals surface area contributed by atoms with E-state index in [-0.39, 0.29) is 11.4 Å². The average Bonchev–Trinajstić information content (AvgIpc) is 3.26. The quantitative estimate of drug-likeness (QED) is 0.0347. The van der Waals surface area contributed by atoms with Crippen molar-refractivity contribution in [2.75, 3.05) is 27.2 Å². The summed E-state index contributed by atoms with van der Waals surface area (Å²) >= 11 is 0. The van der Waals surface area contributed by atoms with Gasteiger partial charge in [-0.2, -0.15) is 0 Å². The van der Waals surface area contributed by atoms with Gasteiger partial charge in [-0.25, -0.2) is 0 Å². The van der Waals surface area contributed by atoms with Crippen molar-refractivity contribution >= 4 is 5.97 Å². The highest BCUT2D eigenvalue weighted by atomic mass is 16.5. The Labute approximate surface area is 389 Å². The van der Waals surface area contributed by atoms with Gasteiger partial charge in [0.2, 0.25) is 0 Å². The van der Waals surface area contributed by atoms with Crippen molar-refractivity contribution in [3.63, 3.8) is 0 Å². The molecular formula is C59H107NO2. The lowest BCUT2D eigenvalue weighted by Crippen LogP contribution is -2.42. The summed E-state index contributed by atoms with van der Waals surface area (Å²) in [5.41, 5.74) is -0.383. The van der Waals surface area contributed by atoms with Gasteiger partial charge in [-0.1, -0.05) is 222 Å². The molecule has 0 radical (unpaired) electrons. The first-order valence-corrected chi connectivity index (χ1v) is 27.2. The van der Waals surface area contributed by atoms with Crippen molar-refractivity contribution in [3.8, 4) is 0 Å². The van der Waals surface area contributed by atoms with Crippen LogP contribution in [0.5, 0.6) is 0 Å². The van der Waals surface area contributed by atoms with Gasteiger partial charge in [0.05, 0.1) is 12.0 Å². The number of allylic oxidation sites excluding steroid dienone is 12. The van der Waals surface area contributed by atoms with Crippen LogP contribution in [0, 0.1) is 5.41 Å². The van der Waals surface area contributed by atoms with Crippen LogP contribution in [-0.4, -0.2) is 38.1 Å². The molecular weight excluding hydrogens is 755 g/mol. The molecule has 360 valence electrons. The summed E-state index contributed by atoms with van der Waals surface area (Å²) in [7, 11) is 4.28. The van der Waals surface area contributed by atoms with Crippen LogP contribution in [0.15, 0.2) is 72.9 Å². The van der Waals surface area contributed by atoms with Crippen LogP contribution in [0.25, 0.3) is 0 Å². The molecule has 0 aromatic heterocycles. The highest BCUT2D eigenvalue weighted by Gasteiger charge is 2.39. The Morgan fingerprint density at radius 1 is 0.371 bits per heavy atom. The minimum atomic E-state index is -0.383. The van der Waals surface area contributed by atoms with Crippen molar-refractivity contribution in [2.24, 2.45) is 5.41 Å². The molecule has 0 aromatic carbocycles. The largest absolute Gasteiger partial charge is 0.465 e. The van der Waals surface area contributed by atoms with Crippen LogP contribution in [-0.2, 0) is 9.53 Å². The molecule has 0 aliphatic heterocycles. The van der Waals surface area contributed by atoms with Crippen molar-refractivity contribution in [1.82, 2.24) is 4.90 Å². The van der Waals surface area contributed by atoms with Crippen LogP contribution in [0.3, 0.4) is 0 Å². The third-order valence-electron chi connectivity index (χ3n) is 12.3. The van der Waals surface area contributed by atoms with E-state index in [1.165, 1.54) is 186 Å². The van der Waals surface area contributed by atoms with Crippen LogP contribution >= 0.6 is 0 Å². The highest BCUT2D eigenvalue weighted by Crippen LogP contribution is 2.35. The normalized spacial score (nSPS) is 13.5. The topological polar surface area (TPSA) is 29.5 Å². The van der Waals surface area contributed by atoms with Gasteiger partial charge in [0.1, 0.15) is 0 Å². The van der Waals surface area contributed by atoms with Crippen molar-refractivity contribution in [3.05, 3.63) is 72.9 Å². The zero-order valence-electron chi connectivity index (χ0n) is 42.5. The first-order chi connectivity index (χ1) is 30.5. The Kier molecular flexibility index (Phi) is 48.2. The maximum Gasteiger partial charge on any atom is 0.313 e. The summed E-state index contributed by atoms with van der Waals surface area (Å²) < 4.78 is 6.18. The molecule has 0 N–H and O–H groups in total. The Morgan fingerprint density at radius 2 is 0.645 bits per heavy atom. The highest BCUT2D eigenvalue weighted by molar-refractivity contribution is 5.77. The predicted molar refractivity (Wildman–Crippen MR) is 279 cm³/mol. The Morgan fingerprint density at radius 3 is 0.952 bits per heavy atom. The van der Waals surface area contributed by atoms with Gasteiger partial charge in [0, 0.05) is 6.54 Å². The summed E-state index contributed by atoms with van der Waals surface area (Å²) in [5, 5.41) is 0. The van der Waals surface area contributed by atoms with Gasteiger partial charge in [-0.15, -0.1) is 0 Å². The van der Waals surface area contributed by atoms with E-state index in [4.69, 9.17) is 4.74 Å². The molecule has 0 aromatic rings. The first kappa shape index (κ1) is 59.9. The summed E-state index contributed by atoms with van der Waals surface area (Å²) in [4.78, 5) is 16.3. The van der Waals surface area contributed by atoms with Crippen LogP contribution in [0.1, 0.15) is 265 Å². The predicted octanol–water partition coefficient (Wildman–Crippen LogP) is 19.3. The van der Waals surface area contributed by atoms with Crippen molar-refractivity contribution in [1.29, 1.82) is 0 Å². The lowest BCUT2D eigenvalue weighted by Gasteiger charge is -2.34. The first-order valence-electron chi connectivity index (χ1n) is 27.2. The number of esters is 1. The molecule has 0 saturated carbocycles. The van der Waals surface area contributed by atoms with E-state index in [0.29, 0.717) is 6.61 Å². The van der Waals surface area contributed by atoms with E-state index in [0.717, 1.165) is 64.3 Å². The van der Waals surface area contributed by atoms with Gasteiger partial charge in [-0.3, -0.25) is 4.79 Å². The fraction of sp³-hybridized carbons (Fsp3) is 0.780. The molecule has 1 unspecified atom stereocenters. The Bertz CT molecular complexity index is 1050. The number of hydrogen-bond acceptors (Lipinski definition) is 3. The molecule has 62 heavy (non-hydrogen) atoms. The maximum absolute atomic E-state index is 14.1. The summed E-state index contributed by atoms with van der Waals surface area (Å²) in [6.07, 6.45) is 74.8. The molecule has 0 fully saturated rings. The molecule has 0 spiro atoms. The molecule has 0 saturated heterocycles. The second kappa shape index (κ2) is 49.9. The van der Waals surface area contributed by atoms with E-state index in [1.807, 2.05) is 0 Å². The van der Waals surface area contributed by atoms with E-state index in [2.05, 4.69) is 113 Å². The number of ether oxygens (including phenoxy) is 1. The van der Waals surface area contributed by atoms with Crippen LogP contribution in [0.2, 0.25) is 0 Å². The van der Waals surface area contributed by atoms with Crippen LogP contribution < -0.4 is 0 Å². The van der Waals surface area contributed by atoms with Crippen LogP contribution in [0.4, 0.5) is 0 Å². The number of nitrogens with zero attached hydrogens (tertiary/aromatic N) is 1. The number of rotatable bonds is 48. The molecule has 3 nitrogen and oxygen atoms in total. The maximum atomic E-state index is 14.1. The fourth-order valence-corrected chi connectivity index (χ4v) is 8.47. The standard InChI is InChI=1S/C59H107NO2/c1-6-9-12-15-18-21-24-27-30-33-36-39-42-45-48-51-54-59(57-60(4)5,55-52-49-46-43-40-37-34-31-28-25-22-19-16-13-10-7-2)58(61)62-56-53-50-47-44-41-38-35-32-29-26-23-20-17-14-11-8-3/h18-23,27-32H,6-17,24-26,33-57H2,1-5H3/b21-18-,22-19+,23-20-,30-27-,31-28+,32-29-. The van der Waals surface area contributed by atoms with Crippen molar-refractivity contribution in [2.45, 2.75) is 265 Å². The molecule has 0 bridgehead atoms. The minimum absolute atomic E-state index is 0.0824. The van der Waals surface area contributed by atoms with Gasteiger partial charge in [0.15, 0.2) is 0 Å². The smallest absolute Gasteiger partial charge is 0.313 e. The molecule has 0 amide bonds. The zero-order valence-corrected chi connectivity index (χ0v) is 42.5. The zero-order chi connectivity index (χ0) is 45.1. The number of hydrogen-bond donors (Lipinski definition) is 0. The van der Waals surface area contributed by atoms with Gasteiger partial charge >= 0.3 is 5.97 Å². The second-order valence-electron chi connectivity index (χ2n) is 18.9. The van der Waals surface area contributed by atoms with E-state index < -0.39 is 0 Å². The summed E-state index contributed by atoms with van der Waals surface area (Å²) in [5.74, 6) is 0.0824. The number of carbonyl (C=O) groups excluding carboxylic acids is 1. The SMILES string of the molecule is CCCCC/C=C\C/C=C\CCCCCCCCOC(=O)C(CCCCCCCC/C=C\C/C=C\CCCCC)(CCCCCCCC/C=C/C/C=C/CCCCC)CN(C)C. The fourth-order valence-electron chi connectivity index (χ4n) is 8.47. The lowest BCUT2D eigenvalue weighted by molar-refractivity contribution is -0.158. The van der Waals surface area contributed by atoms with E-state index >= 15 is 0 Å². The van der Waals surface area contributed by atoms with Crippen molar-refractivity contribution < 1.29 is 9.53 Å². The summed E-state index contributed by atoms with van der Waals surface area (Å²) in [6.45, 7) is 8.18. The monoisotopic (exact) mass is 862 g/mol. The Balaban J connectivity index is 4.72. The van der Waals surface area contributed by atoms with Gasteiger partial charge in [-0.05, 0) is 130 Å². The summed E-state index contributed by atoms with van der Waals surface area (Å²) in [6, 6.07) is 0. The van der Waals surface area contributed by atoms with Gasteiger partial charge < -0.3 is 9.64 Å². The minimum Gasteiger partial charge on any atom is -0.465 e. The third kappa shape index (κ3) is 43.1.